The summed E-state index contributed by atoms with van der Waals surface area (Å²) in [6, 6.07) is 23.3. The van der Waals surface area contributed by atoms with Crippen molar-refractivity contribution in [3.05, 3.63) is 102 Å². The molecule has 32 heavy (non-hydrogen) atoms. The Morgan fingerprint density at radius 2 is 1.66 bits per heavy atom. The molecule has 1 aliphatic rings. The van der Waals surface area contributed by atoms with Crippen LogP contribution in [0.3, 0.4) is 0 Å². The highest BCUT2D eigenvalue weighted by Crippen LogP contribution is 2.26. The number of hydrogen-bond donors (Lipinski definition) is 3. The minimum Gasteiger partial charge on any atom is -0.508 e. The Morgan fingerprint density at radius 1 is 0.875 bits per heavy atom. The predicted octanol–water partition coefficient (Wildman–Crippen LogP) is 3.72. The van der Waals surface area contributed by atoms with Crippen molar-refractivity contribution in [3.63, 3.8) is 0 Å². The third-order valence-corrected chi connectivity index (χ3v) is 5.60. The third-order valence-electron chi connectivity index (χ3n) is 5.60. The van der Waals surface area contributed by atoms with Crippen molar-refractivity contribution in [1.82, 2.24) is 4.98 Å². The van der Waals surface area contributed by atoms with Crippen LogP contribution in [0.5, 0.6) is 11.5 Å². The van der Waals surface area contributed by atoms with Gasteiger partial charge >= 0.3 is 11.7 Å². The van der Waals surface area contributed by atoms with Gasteiger partial charge in [0.1, 0.15) is 29.1 Å². The summed E-state index contributed by atoms with van der Waals surface area (Å²) >= 11 is 0. The fourth-order valence-corrected chi connectivity index (χ4v) is 4.00. The van der Waals surface area contributed by atoms with E-state index in [1.165, 1.54) is 0 Å². The Bertz CT molecular complexity index is 1290. The predicted molar refractivity (Wildman–Crippen MR) is 121 cm³/mol. The standard InChI is InChI=1S/C26H21N3O3/c30-20-11-9-18(10-12-20)14-23-26(32)29-16-24(19-7-4-8-21(31)15-19)27-22(25(29)28-23)13-17-5-2-1-3-6-17/h1-12,15-16,23,30-31H,13-14H2/p+1. The van der Waals surface area contributed by atoms with Crippen LogP contribution < -0.4 is 9.88 Å². The van der Waals surface area contributed by atoms with Crippen molar-refractivity contribution in [2.45, 2.75) is 18.9 Å². The van der Waals surface area contributed by atoms with Crippen molar-refractivity contribution in [2.24, 2.45) is 0 Å². The summed E-state index contributed by atoms with van der Waals surface area (Å²) in [6.45, 7) is 0. The van der Waals surface area contributed by atoms with E-state index in [4.69, 9.17) is 4.98 Å². The van der Waals surface area contributed by atoms with Gasteiger partial charge in [0.25, 0.3) is 0 Å². The summed E-state index contributed by atoms with van der Waals surface area (Å²) in [6.07, 6.45) is 2.78. The highest BCUT2D eigenvalue weighted by atomic mass is 16.3. The number of carbonyl (C=O) groups is 1. The van der Waals surface area contributed by atoms with Crippen LogP contribution in [0.2, 0.25) is 0 Å². The highest BCUT2D eigenvalue weighted by molar-refractivity contribution is 5.82. The maximum atomic E-state index is 13.3. The maximum absolute atomic E-state index is 13.3. The molecule has 2 heterocycles. The minimum absolute atomic E-state index is 0.0637. The number of carbonyl (C=O) groups excluding carboxylic acids is 1. The molecule has 6 heteroatoms. The lowest BCUT2D eigenvalue weighted by Crippen LogP contribution is -2.44. The molecule has 158 valence electrons. The van der Waals surface area contributed by atoms with Gasteiger partial charge in [-0.25, -0.2) is 9.78 Å². The van der Waals surface area contributed by atoms with E-state index in [1.807, 2.05) is 48.5 Å². The SMILES string of the molecule is O=C1C(Cc2ccc(O)cc2)Nc2c(Cc3ccccc3)nc(-c3cccc(O)c3)c[n+]21. The molecular weight excluding hydrogens is 402 g/mol. The number of benzene rings is 3. The molecule has 0 amide bonds. The lowest BCUT2D eigenvalue weighted by molar-refractivity contribution is -0.552. The molecule has 4 aromatic rings. The van der Waals surface area contributed by atoms with E-state index in [1.54, 1.807) is 41.1 Å². The van der Waals surface area contributed by atoms with E-state index < -0.39 is 6.04 Å². The van der Waals surface area contributed by atoms with Crippen molar-refractivity contribution in [3.8, 4) is 22.8 Å². The highest BCUT2D eigenvalue weighted by Gasteiger charge is 2.41. The van der Waals surface area contributed by atoms with Gasteiger partial charge in [-0.05, 0) is 35.4 Å². The van der Waals surface area contributed by atoms with Gasteiger partial charge in [0, 0.05) is 18.4 Å². The van der Waals surface area contributed by atoms with Gasteiger partial charge in [0.2, 0.25) is 0 Å². The summed E-state index contributed by atoms with van der Waals surface area (Å²) in [5.41, 5.74) is 4.17. The van der Waals surface area contributed by atoms with Gasteiger partial charge < -0.3 is 10.2 Å². The van der Waals surface area contributed by atoms with E-state index in [2.05, 4.69) is 5.32 Å². The summed E-state index contributed by atoms with van der Waals surface area (Å²) in [7, 11) is 0. The summed E-state index contributed by atoms with van der Waals surface area (Å²) in [5.74, 6) is 0.967. The third kappa shape index (κ3) is 3.90. The van der Waals surface area contributed by atoms with E-state index in [-0.39, 0.29) is 17.4 Å². The number of hydrogen-bond acceptors (Lipinski definition) is 5. The van der Waals surface area contributed by atoms with Crippen LogP contribution in [-0.4, -0.2) is 27.1 Å². The van der Waals surface area contributed by atoms with Gasteiger partial charge in [0.05, 0.1) is 0 Å². The second-order valence-electron chi connectivity index (χ2n) is 7.91. The number of rotatable bonds is 5. The lowest BCUT2D eigenvalue weighted by atomic mass is 10.1. The molecule has 0 saturated carbocycles. The first-order valence-corrected chi connectivity index (χ1v) is 10.4. The van der Waals surface area contributed by atoms with Gasteiger partial charge in [-0.15, -0.1) is 0 Å². The Morgan fingerprint density at radius 3 is 2.41 bits per heavy atom. The average molecular weight is 424 g/mol. The Hall–Kier alpha value is -4.19. The van der Waals surface area contributed by atoms with E-state index in [9.17, 15) is 15.0 Å². The molecule has 0 aliphatic carbocycles. The largest absolute Gasteiger partial charge is 0.508 e. The molecule has 0 saturated heterocycles. The minimum atomic E-state index is -0.435. The van der Waals surface area contributed by atoms with Gasteiger partial charge in [-0.2, -0.15) is 4.57 Å². The van der Waals surface area contributed by atoms with Crippen molar-refractivity contribution in [2.75, 3.05) is 5.32 Å². The van der Waals surface area contributed by atoms with E-state index in [0.717, 1.165) is 22.4 Å². The van der Waals surface area contributed by atoms with Gasteiger partial charge in [0.15, 0.2) is 6.04 Å². The number of aromatic nitrogens is 2. The topological polar surface area (TPSA) is 86.3 Å². The molecule has 0 fully saturated rings. The molecule has 0 bridgehead atoms. The first-order chi connectivity index (χ1) is 15.6. The van der Waals surface area contributed by atoms with Gasteiger partial charge in [-0.3, -0.25) is 5.32 Å². The van der Waals surface area contributed by atoms with Crippen LogP contribution in [0.4, 0.5) is 5.82 Å². The number of phenolic OH excluding ortho intramolecular Hbond substituents is 2. The Kier molecular flexibility index (Phi) is 5.03. The molecule has 1 unspecified atom stereocenters. The molecule has 6 nitrogen and oxygen atoms in total. The number of fused-ring (bicyclic) bond motifs is 1. The molecule has 5 rings (SSSR count). The van der Waals surface area contributed by atoms with Gasteiger partial charge in [-0.1, -0.05) is 54.6 Å². The molecular formula is C26H22N3O3+. The maximum Gasteiger partial charge on any atom is 0.359 e. The monoisotopic (exact) mass is 424 g/mol. The van der Waals surface area contributed by atoms with Crippen molar-refractivity contribution in [1.29, 1.82) is 0 Å². The summed E-state index contributed by atoms with van der Waals surface area (Å²) in [5, 5.41) is 22.8. The number of nitrogens with zero attached hydrogens (tertiary/aromatic N) is 2. The van der Waals surface area contributed by atoms with Crippen LogP contribution in [0.15, 0.2) is 85.1 Å². The number of aromatic hydroxyl groups is 2. The summed E-state index contributed by atoms with van der Waals surface area (Å²) in [4.78, 5) is 18.2. The number of anilines is 1. The second kappa shape index (κ2) is 8.15. The Labute approximate surface area is 185 Å². The first kappa shape index (κ1) is 19.8. The fourth-order valence-electron chi connectivity index (χ4n) is 4.00. The van der Waals surface area contributed by atoms with Crippen LogP contribution in [0.1, 0.15) is 21.6 Å². The normalized spacial score (nSPS) is 14.8. The molecule has 1 aromatic heterocycles. The fraction of sp³-hybridized carbons (Fsp3) is 0.115. The zero-order chi connectivity index (χ0) is 22.1. The van der Waals surface area contributed by atoms with Crippen molar-refractivity contribution >= 4 is 11.7 Å². The van der Waals surface area contributed by atoms with E-state index >= 15 is 0 Å². The average Bonchev–Trinajstić information content (AvgIpc) is 3.12. The molecule has 3 aromatic carbocycles. The zero-order valence-corrected chi connectivity index (χ0v) is 17.3. The molecule has 0 radical (unpaired) electrons. The second-order valence-corrected chi connectivity index (χ2v) is 7.91. The Balaban J connectivity index is 1.54. The quantitative estimate of drug-likeness (QED) is 0.425. The number of nitrogens with one attached hydrogen (secondary N) is 1. The van der Waals surface area contributed by atoms with Crippen LogP contribution in [-0.2, 0) is 12.8 Å². The van der Waals surface area contributed by atoms with Crippen LogP contribution >= 0.6 is 0 Å². The molecule has 0 spiro atoms. The van der Waals surface area contributed by atoms with E-state index in [0.29, 0.717) is 24.4 Å². The summed E-state index contributed by atoms with van der Waals surface area (Å²) < 4.78 is 1.63. The molecule has 3 N–H and O–H groups in total. The number of phenols is 2. The first-order valence-electron chi connectivity index (χ1n) is 10.4. The molecule has 1 aliphatic heterocycles. The van der Waals surface area contributed by atoms with Crippen LogP contribution in [0, 0.1) is 0 Å². The molecule has 1 atom stereocenters. The lowest BCUT2D eigenvalue weighted by Gasteiger charge is -2.07. The zero-order valence-electron chi connectivity index (χ0n) is 17.3. The van der Waals surface area contributed by atoms with Crippen molar-refractivity contribution < 1.29 is 19.6 Å². The van der Waals surface area contributed by atoms with Crippen LogP contribution in [0.25, 0.3) is 11.3 Å². The smallest absolute Gasteiger partial charge is 0.359 e.